The van der Waals surface area contributed by atoms with Crippen LogP contribution in [0.3, 0.4) is 0 Å². The van der Waals surface area contributed by atoms with Gasteiger partial charge in [-0.3, -0.25) is 24.7 Å². The normalized spacial score (nSPS) is 18.1. The van der Waals surface area contributed by atoms with Gasteiger partial charge in [0.05, 0.1) is 35.9 Å². The molecule has 0 aliphatic carbocycles. The Kier molecular flexibility index (Phi) is 7.76. The van der Waals surface area contributed by atoms with Crippen LogP contribution in [0.1, 0.15) is 0 Å². The number of benzene rings is 1. The van der Waals surface area contributed by atoms with Gasteiger partial charge in [0.15, 0.2) is 10.2 Å². The molecule has 1 aromatic heterocycles. The molecule has 0 saturated carbocycles. The number of nitrogens with zero attached hydrogens (tertiary/aromatic N) is 5. The lowest BCUT2D eigenvalue weighted by Gasteiger charge is -2.36. The van der Waals surface area contributed by atoms with Crippen molar-refractivity contribution in [1.82, 2.24) is 15.2 Å². The van der Waals surface area contributed by atoms with E-state index in [1.807, 2.05) is 9.80 Å². The van der Waals surface area contributed by atoms with Gasteiger partial charge in [0.25, 0.3) is 0 Å². The van der Waals surface area contributed by atoms with Crippen molar-refractivity contribution < 1.29 is 23.6 Å². The number of hydrogen-bond acceptors (Lipinski definition) is 10. The second-order valence-corrected chi connectivity index (χ2v) is 9.52. The molecule has 16 heteroatoms. The average molecular weight is 539 g/mol. The number of amides is 2. The summed E-state index contributed by atoms with van der Waals surface area (Å²) >= 11 is 5.54. The van der Waals surface area contributed by atoms with Crippen molar-refractivity contribution in [3.63, 3.8) is 0 Å². The van der Waals surface area contributed by atoms with E-state index in [4.69, 9.17) is 22.7 Å². The van der Waals surface area contributed by atoms with E-state index < -0.39 is 22.9 Å². The number of aromatic nitrogens is 1. The van der Waals surface area contributed by atoms with Crippen LogP contribution in [0.15, 0.2) is 24.4 Å². The molecule has 4 N–H and O–H groups in total. The standard InChI is InChI=1S/C20H23FN8O5S2/c21-14-7-12(28-10-13(34-20(28)31)8-23-18(22)35)1-2-15(14)27-5-3-26(4-6-27)11-16(30)25-19-24-9-17(36-19)29(32)33/h1-2,7,9,13H,3-6,8,10-11H2,(H3,22,23,35)(H,24,25,30)/t13-/m0/s1. The lowest BCUT2D eigenvalue weighted by atomic mass is 10.2. The van der Waals surface area contributed by atoms with Gasteiger partial charge in [-0.25, -0.2) is 14.2 Å². The third-order valence-corrected chi connectivity index (χ3v) is 6.63. The van der Waals surface area contributed by atoms with Crippen molar-refractivity contribution in [3.05, 3.63) is 40.3 Å². The van der Waals surface area contributed by atoms with Crippen molar-refractivity contribution >= 4 is 62.2 Å². The van der Waals surface area contributed by atoms with Crippen LogP contribution in [0.5, 0.6) is 0 Å². The van der Waals surface area contributed by atoms with Crippen LogP contribution < -0.4 is 26.2 Å². The minimum absolute atomic E-state index is 0.0879. The number of halogens is 1. The summed E-state index contributed by atoms with van der Waals surface area (Å²) < 4.78 is 20.2. The highest BCUT2D eigenvalue weighted by atomic mass is 32.1. The Morgan fingerprint density at radius 1 is 1.36 bits per heavy atom. The number of carbonyl (C=O) groups is 2. The number of thiazole rings is 1. The number of nitrogens with two attached hydrogens (primary N) is 1. The summed E-state index contributed by atoms with van der Waals surface area (Å²) in [5.74, 6) is -0.802. The Hall–Kier alpha value is -3.63. The fraction of sp³-hybridized carbons (Fsp3) is 0.400. The molecule has 2 aromatic rings. The minimum Gasteiger partial charge on any atom is -0.442 e. The SMILES string of the molecule is NC(=S)NC[C@H]1CN(c2ccc(N3CCN(CC(=O)Nc4ncc([N+](=O)[O-])s4)CC3)c(F)c2)C(=O)O1. The highest BCUT2D eigenvalue weighted by Crippen LogP contribution is 2.29. The predicted octanol–water partition coefficient (Wildman–Crippen LogP) is 1.11. The van der Waals surface area contributed by atoms with Crippen molar-refractivity contribution in [2.24, 2.45) is 5.73 Å². The number of cyclic esters (lactones) is 1. The highest BCUT2D eigenvalue weighted by molar-refractivity contribution is 7.80. The molecule has 0 spiro atoms. The topological polar surface area (TPSA) is 159 Å². The summed E-state index contributed by atoms with van der Waals surface area (Å²) in [6.45, 7) is 2.61. The summed E-state index contributed by atoms with van der Waals surface area (Å²) in [6, 6.07) is 4.58. The molecule has 192 valence electrons. The third kappa shape index (κ3) is 6.13. The van der Waals surface area contributed by atoms with Gasteiger partial charge in [0.2, 0.25) is 5.91 Å². The largest absolute Gasteiger partial charge is 0.442 e. The van der Waals surface area contributed by atoms with Crippen molar-refractivity contribution in [2.75, 3.05) is 60.9 Å². The Balaban J connectivity index is 1.28. The van der Waals surface area contributed by atoms with E-state index in [2.05, 4.69) is 15.6 Å². The molecule has 4 rings (SSSR count). The molecule has 2 fully saturated rings. The fourth-order valence-electron chi connectivity index (χ4n) is 3.89. The van der Waals surface area contributed by atoms with Gasteiger partial charge in [-0.05, 0) is 41.8 Å². The summed E-state index contributed by atoms with van der Waals surface area (Å²) in [7, 11) is 0. The molecular formula is C20H23FN8O5S2. The Bertz CT molecular complexity index is 1170. The van der Waals surface area contributed by atoms with Crippen LogP contribution >= 0.6 is 23.6 Å². The van der Waals surface area contributed by atoms with Gasteiger partial charge in [-0.2, -0.15) is 0 Å². The van der Waals surface area contributed by atoms with Crippen LogP contribution in [-0.4, -0.2) is 83.8 Å². The molecule has 0 radical (unpaired) electrons. The molecule has 2 aliphatic rings. The monoisotopic (exact) mass is 538 g/mol. The van der Waals surface area contributed by atoms with Gasteiger partial charge in [-0.1, -0.05) is 0 Å². The summed E-state index contributed by atoms with van der Waals surface area (Å²) in [4.78, 5) is 43.6. The van der Waals surface area contributed by atoms with Crippen molar-refractivity contribution in [1.29, 1.82) is 0 Å². The summed E-state index contributed by atoms with van der Waals surface area (Å²) in [6.07, 6.45) is 0.0625. The Morgan fingerprint density at radius 3 is 2.75 bits per heavy atom. The predicted molar refractivity (Wildman–Crippen MR) is 135 cm³/mol. The molecule has 36 heavy (non-hydrogen) atoms. The molecule has 13 nitrogen and oxygen atoms in total. The maximum Gasteiger partial charge on any atom is 0.414 e. The van der Waals surface area contributed by atoms with Crippen molar-refractivity contribution in [2.45, 2.75) is 6.10 Å². The van der Waals surface area contributed by atoms with Crippen LogP contribution in [0.25, 0.3) is 0 Å². The number of carbonyl (C=O) groups excluding carboxylic acids is 2. The van der Waals surface area contributed by atoms with Gasteiger partial charge in [0, 0.05) is 26.2 Å². The Morgan fingerprint density at radius 2 is 2.11 bits per heavy atom. The summed E-state index contributed by atoms with van der Waals surface area (Å²) in [5.41, 5.74) is 6.18. The first kappa shape index (κ1) is 25.5. The quantitative estimate of drug-likeness (QED) is 0.251. The van der Waals surface area contributed by atoms with E-state index in [0.29, 0.717) is 37.6 Å². The number of nitro groups is 1. The van der Waals surface area contributed by atoms with Crippen LogP contribution in [0.2, 0.25) is 0 Å². The maximum atomic E-state index is 15.0. The molecule has 1 atom stereocenters. The van der Waals surface area contributed by atoms with Gasteiger partial charge in [0.1, 0.15) is 18.1 Å². The van der Waals surface area contributed by atoms with E-state index in [9.17, 15) is 24.1 Å². The van der Waals surface area contributed by atoms with Crippen molar-refractivity contribution in [3.8, 4) is 0 Å². The van der Waals surface area contributed by atoms with E-state index in [0.717, 1.165) is 17.5 Å². The summed E-state index contributed by atoms with van der Waals surface area (Å²) in [5, 5.41) is 16.2. The lowest BCUT2D eigenvalue weighted by molar-refractivity contribution is -0.380. The molecule has 1 aromatic carbocycles. The van der Waals surface area contributed by atoms with E-state index >= 15 is 0 Å². The smallest absolute Gasteiger partial charge is 0.414 e. The highest BCUT2D eigenvalue weighted by Gasteiger charge is 2.33. The van der Waals surface area contributed by atoms with E-state index in [1.165, 1.54) is 11.0 Å². The van der Waals surface area contributed by atoms with Crippen LogP contribution in [-0.2, 0) is 9.53 Å². The first-order valence-corrected chi connectivity index (χ1v) is 12.1. The van der Waals surface area contributed by atoms with Gasteiger partial charge < -0.3 is 26.0 Å². The number of hydrogen-bond donors (Lipinski definition) is 3. The molecule has 2 aliphatic heterocycles. The molecular weight excluding hydrogens is 515 g/mol. The van der Waals surface area contributed by atoms with Gasteiger partial charge >= 0.3 is 11.1 Å². The average Bonchev–Trinajstić information content (AvgIpc) is 3.45. The Labute approximate surface area is 214 Å². The first-order chi connectivity index (χ1) is 17.2. The number of nitrogens with one attached hydrogen (secondary N) is 2. The number of piperazine rings is 1. The zero-order valence-electron chi connectivity index (χ0n) is 18.9. The molecule has 2 saturated heterocycles. The fourth-order valence-corrected chi connectivity index (χ4v) is 4.62. The molecule has 0 bridgehead atoms. The van der Waals surface area contributed by atoms with E-state index in [1.54, 1.807) is 12.1 Å². The third-order valence-electron chi connectivity index (χ3n) is 5.62. The maximum absolute atomic E-state index is 15.0. The number of rotatable bonds is 8. The van der Waals surface area contributed by atoms with E-state index in [-0.39, 0.29) is 40.8 Å². The number of ether oxygens (including phenoxy) is 1. The second-order valence-electron chi connectivity index (χ2n) is 8.07. The zero-order valence-corrected chi connectivity index (χ0v) is 20.5. The molecule has 3 heterocycles. The second kappa shape index (κ2) is 11.0. The first-order valence-electron chi connectivity index (χ1n) is 10.9. The minimum atomic E-state index is -0.573. The number of thiocarbonyl (C=S) groups is 1. The van der Waals surface area contributed by atoms with Gasteiger partial charge in [-0.15, -0.1) is 0 Å². The molecule has 2 amide bonds. The zero-order chi connectivity index (χ0) is 25.8. The number of anilines is 3. The lowest BCUT2D eigenvalue weighted by Crippen LogP contribution is -2.49. The van der Waals surface area contributed by atoms with Crippen LogP contribution in [0, 0.1) is 15.9 Å². The molecule has 0 unspecified atom stereocenters. The van der Waals surface area contributed by atoms with Crippen LogP contribution in [0.4, 0.5) is 30.7 Å².